The van der Waals surface area contributed by atoms with E-state index in [1.807, 2.05) is 51.5 Å². The maximum Gasteiger partial charge on any atom is 0.148 e. The summed E-state index contributed by atoms with van der Waals surface area (Å²) in [7, 11) is 5.67. The SMILES string of the molecule is CNc1cc(NC)c(Nc2cccc3c2C(C=O)NN=C3C(C)C)c(NC)c1. The fourth-order valence-corrected chi connectivity index (χ4v) is 3.49. The molecule has 0 saturated heterocycles. The highest BCUT2D eigenvalue weighted by Gasteiger charge is 2.27. The zero-order chi connectivity index (χ0) is 20.3. The van der Waals surface area contributed by atoms with Gasteiger partial charge in [0.1, 0.15) is 12.3 Å². The largest absolute Gasteiger partial charge is 0.388 e. The van der Waals surface area contributed by atoms with Crippen LogP contribution >= 0.6 is 0 Å². The number of benzene rings is 2. The molecule has 0 aromatic heterocycles. The fraction of sp³-hybridized carbons (Fsp3) is 0.333. The zero-order valence-electron chi connectivity index (χ0n) is 17.0. The molecule has 0 spiro atoms. The molecule has 5 N–H and O–H groups in total. The van der Waals surface area contributed by atoms with E-state index >= 15 is 0 Å². The Labute approximate surface area is 166 Å². The van der Waals surface area contributed by atoms with Crippen molar-refractivity contribution in [2.45, 2.75) is 19.9 Å². The summed E-state index contributed by atoms with van der Waals surface area (Å²) in [5, 5.41) is 17.6. The first kappa shape index (κ1) is 19.5. The molecule has 0 saturated carbocycles. The molecular weight excluding hydrogens is 352 g/mol. The second kappa shape index (κ2) is 8.21. The topological polar surface area (TPSA) is 89.6 Å². The Morgan fingerprint density at radius 1 is 1.04 bits per heavy atom. The molecule has 3 rings (SSSR count). The van der Waals surface area contributed by atoms with Crippen LogP contribution in [0.3, 0.4) is 0 Å². The van der Waals surface area contributed by atoms with E-state index in [1.165, 1.54) is 0 Å². The van der Waals surface area contributed by atoms with Crippen molar-refractivity contribution in [2.24, 2.45) is 11.0 Å². The molecule has 0 amide bonds. The van der Waals surface area contributed by atoms with Crippen LogP contribution in [0.4, 0.5) is 28.4 Å². The van der Waals surface area contributed by atoms with Crippen molar-refractivity contribution < 1.29 is 4.79 Å². The van der Waals surface area contributed by atoms with Gasteiger partial charge >= 0.3 is 0 Å². The van der Waals surface area contributed by atoms with E-state index in [4.69, 9.17) is 0 Å². The van der Waals surface area contributed by atoms with Crippen LogP contribution in [0.5, 0.6) is 0 Å². The number of carbonyl (C=O) groups is 1. The Bertz CT molecular complexity index is 881. The molecule has 0 radical (unpaired) electrons. The Morgan fingerprint density at radius 2 is 1.71 bits per heavy atom. The van der Waals surface area contributed by atoms with Gasteiger partial charge in [-0.15, -0.1) is 0 Å². The van der Waals surface area contributed by atoms with Gasteiger partial charge in [-0.05, 0) is 24.1 Å². The van der Waals surface area contributed by atoms with Gasteiger partial charge in [0.25, 0.3) is 0 Å². The number of hydrogen-bond donors (Lipinski definition) is 5. The lowest BCUT2D eigenvalue weighted by Crippen LogP contribution is -2.30. The van der Waals surface area contributed by atoms with Crippen LogP contribution in [0, 0.1) is 5.92 Å². The summed E-state index contributed by atoms with van der Waals surface area (Å²) in [6.45, 7) is 4.20. The van der Waals surface area contributed by atoms with Crippen molar-refractivity contribution in [1.29, 1.82) is 0 Å². The smallest absolute Gasteiger partial charge is 0.148 e. The van der Waals surface area contributed by atoms with Crippen LogP contribution in [0.25, 0.3) is 0 Å². The molecule has 0 fully saturated rings. The lowest BCUT2D eigenvalue weighted by molar-refractivity contribution is -0.109. The van der Waals surface area contributed by atoms with Crippen molar-refractivity contribution in [3.05, 3.63) is 41.5 Å². The van der Waals surface area contributed by atoms with Gasteiger partial charge < -0.3 is 26.1 Å². The van der Waals surface area contributed by atoms with E-state index in [0.717, 1.165) is 51.6 Å². The number of hydrogen-bond acceptors (Lipinski definition) is 7. The summed E-state index contributed by atoms with van der Waals surface area (Å²) in [4.78, 5) is 11.7. The Balaban J connectivity index is 2.14. The highest BCUT2D eigenvalue weighted by molar-refractivity contribution is 6.06. The van der Waals surface area contributed by atoms with Gasteiger partial charge in [0.05, 0.1) is 22.8 Å². The normalized spacial score (nSPS) is 15.2. The second-order valence-electron chi connectivity index (χ2n) is 6.98. The summed E-state index contributed by atoms with van der Waals surface area (Å²) < 4.78 is 0. The molecule has 1 atom stereocenters. The van der Waals surface area contributed by atoms with E-state index in [9.17, 15) is 4.79 Å². The lowest BCUT2D eigenvalue weighted by atomic mass is 9.90. The Morgan fingerprint density at radius 3 is 2.25 bits per heavy atom. The number of fused-ring (bicyclic) bond motifs is 1. The quantitative estimate of drug-likeness (QED) is 0.470. The van der Waals surface area contributed by atoms with Crippen molar-refractivity contribution >= 4 is 40.4 Å². The summed E-state index contributed by atoms with van der Waals surface area (Å²) in [5.74, 6) is 0.241. The minimum Gasteiger partial charge on any atom is -0.388 e. The average Bonchev–Trinajstić information content (AvgIpc) is 2.72. The molecule has 1 aliphatic heterocycles. The third-order valence-corrected chi connectivity index (χ3v) is 4.93. The molecule has 1 aliphatic rings. The molecule has 0 aliphatic carbocycles. The first-order valence-electron chi connectivity index (χ1n) is 9.44. The summed E-state index contributed by atoms with van der Waals surface area (Å²) >= 11 is 0. The van der Waals surface area contributed by atoms with Gasteiger partial charge in [-0.25, -0.2) is 0 Å². The predicted molar refractivity (Wildman–Crippen MR) is 118 cm³/mol. The van der Waals surface area contributed by atoms with Crippen LogP contribution in [-0.2, 0) is 4.79 Å². The molecule has 1 heterocycles. The van der Waals surface area contributed by atoms with Crippen LogP contribution in [0.15, 0.2) is 35.4 Å². The highest BCUT2D eigenvalue weighted by atomic mass is 16.1. The van der Waals surface area contributed by atoms with E-state index in [2.05, 4.69) is 45.6 Å². The van der Waals surface area contributed by atoms with Gasteiger partial charge in [0, 0.05) is 43.6 Å². The van der Waals surface area contributed by atoms with Crippen LogP contribution in [0.2, 0.25) is 0 Å². The van der Waals surface area contributed by atoms with Crippen molar-refractivity contribution in [2.75, 3.05) is 42.4 Å². The maximum absolute atomic E-state index is 11.7. The number of carbonyl (C=O) groups excluding carboxylic acids is 1. The summed E-state index contributed by atoms with van der Waals surface area (Å²) in [5.41, 5.74) is 10.5. The van der Waals surface area contributed by atoms with Gasteiger partial charge in [0.15, 0.2) is 0 Å². The molecule has 0 bridgehead atoms. The van der Waals surface area contributed by atoms with Crippen molar-refractivity contribution in [1.82, 2.24) is 5.43 Å². The minimum atomic E-state index is -0.492. The standard InChI is InChI=1S/C21H28N6O/c1-12(2)20-14-7-6-8-15(19(14)18(11-28)26-27-20)25-21-16(23-4)9-13(22-3)10-17(21)24-5/h6-12,18,22-26H,1-5H3. The van der Waals surface area contributed by atoms with Crippen molar-refractivity contribution in [3.63, 3.8) is 0 Å². The summed E-state index contributed by atoms with van der Waals surface area (Å²) in [6, 6.07) is 9.59. The number of nitrogens with one attached hydrogen (secondary N) is 5. The molecule has 148 valence electrons. The van der Waals surface area contributed by atoms with E-state index in [1.54, 1.807) is 0 Å². The van der Waals surface area contributed by atoms with Gasteiger partial charge in [-0.2, -0.15) is 5.10 Å². The lowest BCUT2D eigenvalue weighted by Gasteiger charge is -2.28. The predicted octanol–water partition coefficient (Wildman–Crippen LogP) is 3.76. The van der Waals surface area contributed by atoms with Gasteiger partial charge in [-0.3, -0.25) is 5.43 Å². The Kier molecular flexibility index (Phi) is 5.73. The van der Waals surface area contributed by atoms with E-state index in [-0.39, 0.29) is 5.92 Å². The molecular formula is C21H28N6O. The first-order valence-corrected chi connectivity index (χ1v) is 9.44. The van der Waals surface area contributed by atoms with E-state index in [0.29, 0.717) is 0 Å². The zero-order valence-corrected chi connectivity index (χ0v) is 17.0. The number of rotatable bonds is 7. The molecule has 1 unspecified atom stereocenters. The fourth-order valence-electron chi connectivity index (χ4n) is 3.49. The minimum absolute atomic E-state index is 0.241. The monoisotopic (exact) mass is 380 g/mol. The van der Waals surface area contributed by atoms with Gasteiger partial charge in [-0.1, -0.05) is 26.0 Å². The maximum atomic E-state index is 11.7. The Hall–Kier alpha value is -3.22. The van der Waals surface area contributed by atoms with Crippen LogP contribution in [-0.4, -0.2) is 33.1 Å². The third-order valence-electron chi connectivity index (χ3n) is 4.93. The molecule has 7 heteroatoms. The molecule has 2 aromatic rings. The number of hydrazone groups is 1. The van der Waals surface area contributed by atoms with Crippen molar-refractivity contribution in [3.8, 4) is 0 Å². The number of nitrogens with zero attached hydrogens (tertiary/aromatic N) is 1. The number of anilines is 5. The van der Waals surface area contributed by atoms with Crippen LogP contribution < -0.4 is 26.7 Å². The second-order valence-corrected chi connectivity index (χ2v) is 6.98. The van der Waals surface area contributed by atoms with E-state index < -0.39 is 6.04 Å². The molecule has 7 nitrogen and oxygen atoms in total. The summed E-state index contributed by atoms with van der Waals surface area (Å²) in [6.07, 6.45) is 0.896. The average molecular weight is 380 g/mol. The highest BCUT2D eigenvalue weighted by Crippen LogP contribution is 2.39. The third kappa shape index (κ3) is 3.47. The molecule has 2 aromatic carbocycles. The van der Waals surface area contributed by atoms with Crippen LogP contribution in [0.1, 0.15) is 31.0 Å². The number of aldehydes is 1. The van der Waals surface area contributed by atoms with Gasteiger partial charge in [0.2, 0.25) is 0 Å². The molecule has 28 heavy (non-hydrogen) atoms. The first-order chi connectivity index (χ1) is 13.5.